The largest absolute Gasteiger partial charge is 0.317 e. The predicted octanol–water partition coefficient (Wildman–Crippen LogP) is 4.49. The normalized spacial score (nSPS) is 12.6. The fraction of sp³-hybridized carbons (Fsp3) is 0.647. The van der Waals surface area contributed by atoms with Crippen LogP contribution in [0.3, 0.4) is 0 Å². The summed E-state index contributed by atoms with van der Waals surface area (Å²) in [5, 5.41) is 3.47. The Balaban J connectivity index is 2.29. The van der Waals surface area contributed by atoms with Crippen LogP contribution in [0, 0.1) is 6.92 Å². The fourth-order valence-electron chi connectivity index (χ4n) is 2.47. The molecule has 0 bridgehead atoms. The Kier molecular flexibility index (Phi) is 7.75. The van der Waals surface area contributed by atoms with Gasteiger partial charge in [-0.25, -0.2) is 0 Å². The summed E-state index contributed by atoms with van der Waals surface area (Å²) in [4.78, 5) is 0. The Morgan fingerprint density at radius 3 is 2.50 bits per heavy atom. The van der Waals surface area contributed by atoms with Crippen molar-refractivity contribution in [2.45, 2.75) is 64.8 Å². The number of unbranched alkanes of at least 4 members (excludes halogenated alkanes) is 3. The smallest absolute Gasteiger partial charge is 0.00672 e. The van der Waals surface area contributed by atoms with Crippen LogP contribution in [-0.2, 0) is 6.42 Å². The van der Waals surface area contributed by atoms with Crippen LogP contribution in [-0.4, -0.2) is 13.1 Å². The highest BCUT2D eigenvalue weighted by Crippen LogP contribution is 2.14. The molecule has 0 aliphatic rings. The summed E-state index contributed by atoms with van der Waals surface area (Å²) in [7, 11) is 2.10. The number of nitrogens with one attached hydrogen (secondary N) is 1. The highest BCUT2D eigenvalue weighted by atomic mass is 14.9. The standard InChI is InChI=1S/C17H29N/c1-4-5-6-7-12-17(18-3)14-13-16-11-9-8-10-15(16)2/h8-11,17-18H,4-7,12-14H2,1-3H3. The van der Waals surface area contributed by atoms with Gasteiger partial charge in [-0.1, -0.05) is 56.9 Å². The first-order valence-corrected chi connectivity index (χ1v) is 7.49. The summed E-state index contributed by atoms with van der Waals surface area (Å²) in [5.74, 6) is 0. The quantitative estimate of drug-likeness (QED) is 0.634. The van der Waals surface area contributed by atoms with E-state index in [-0.39, 0.29) is 0 Å². The molecular weight excluding hydrogens is 218 g/mol. The van der Waals surface area contributed by atoms with Crippen LogP contribution < -0.4 is 5.32 Å². The summed E-state index contributed by atoms with van der Waals surface area (Å²) in [6, 6.07) is 9.43. The average molecular weight is 247 g/mol. The van der Waals surface area contributed by atoms with E-state index < -0.39 is 0 Å². The number of hydrogen-bond donors (Lipinski definition) is 1. The fourth-order valence-corrected chi connectivity index (χ4v) is 2.47. The van der Waals surface area contributed by atoms with E-state index in [9.17, 15) is 0 Å². The highest BCUT2D eigenvalue weighted by molar-refractivity contribution is 5.25. The van der Waals surface area contributed by atoms with Gasteiger partial charge in [-0.2, -0.15) is 0 Å². The van der Waals surface area contributed by atoms with Crippen LogP contribution in [0.15, 0.2) is 24.3 Å². The van der Waals surface area contributed by atoms with Crippen molar-refractivity contribution in [1.82, 2.24) is 5.32 Å². The third-order valence-corrected chi connectivity index (χ3v) is 3.84. The summed E-state index contributed by atoms with van der Waals surface area (Å²) in [5.41, 5.74) is 2.93. The Morgan fingerprint density at radius 1 is 1.06 bits per heavy atom. The lowest BCUT2D eigenvalue weighted by Crippen LogP contribution is -2.25. The molecule has 1 N–H and O–H groups in total. The summed E-state index contributed by atoms with van der Waals surface area (Å²) >= 11 is 0. The summed E-state index contributed by atoms with van der Waals surface area (Å²) in [6.45, 7) is 4.48. The monoisotopic (exact) mass is 247 g/mol. The van der Waals surface area contributed by atoms with E-state index in [4.69, 9.17) is 0 Å². The zero-order valence-corrected chi connectivity index (χ0v) is 12.3. The number of rotatable bonds is 9. The van der Waals surface area contributed by atoms with E-state index >= 15 is 0 Å². The van der Waals surface area contributed by atoms with Crippen LogP contribution in [0.5, 0.6) is 0 Å². The van der Waals surface area contributed by atoms with Gasteiger partial charge in [0.25, 0.3) is 0 Å². The Bertz CT molecular complexity index is 319. The van der Waals surface area contributed by atoms with Crippen molar-refractivity contribution < 1.29 is 0 Å². The van der Waals surface area contributed by atoms with Crippen molar-refractivity contribution in [3.05, 3.63) is 35.4 Å². The molecule has 1 atom stereocenters. The molecule has 0 heterocycles. The van der Waals surface area contributed by atoms with Crippen LogP contribution >= 0.6 is 0 Å². The van der Waals surface area contributed by atoms with Crippen molar-refractivity contribution in [1.29, 1.82) is 0 Å². The van der Waals surface area contributed by atoms with Gasteiger partial charge in [0.2, 0.25) is 0 Å². The first-order chi connectivity index (χ1) is 8.77. The van der Waals surface area contributed by atoms with Gasteiger partial charge in [-0.3, -0.25) is 0 Å². The number of benzene rings is 1. The van der Waals surface area contributed by atoms with Crippen molar-refractivity contribution in [3.63, 3.8) is 0 Å². The minimum Gasteiger partial charge on any atom is -0.317 e. The summed E-state index contributed by atoms with van der Waals surface area (Å²) in [6.07, 6.45) is 9.25. The van der Waals surface area contributed by atoms with Gasteiger partial charge in [0.15, 0.2) is 0 Å². The molecule has 0 spiro atoms. The molecule has 1 rings (SSSR count). The molecule has 1 aromatic carbocycles. The molecular formula is C17H29N. The lowest BCUT2D eigenvalue weighted by atomic mass is 9.98. The van der Waals surface area contributed by atoms with Gasteiger partial charge in [-0.15, -0.1) is 0 Å². The topological polar surface area (TPSA) is 12.0 Å². The van der Waals surface area contributed by atoms with Gasteiger partial charge in [0.1, 0.15) is 0 Å². The SMILES string of the molecule is CCCCCCC(CCc1ccccc1C)NC. The molecule has 18 heavy (non-hydrogen) atoms. The average Bonchev–Trinajstić information content (AvgIpc) is 2.40. The van der Waals surface area contributed by atoms with Crippen molar-refractivity contribution >= 4 is 0 Å². The van der Waals surface area contributed by atoms with E-state index in [1.54, 1.807) is 0 Å². The van der Waals surface area contributed by atoms with Crippen LogP contribution in [0.1, 0.15) is 56.6 Å². The molecule has 0 aliphatic carbocycles. The minimum absolute atomic E-state index is 0.682. The third-order valence-electron chi connectivity index (χ3n) is 3.84. The maximum atomic E-state index is 3.47. The molecule has 1 aromatic rings. The van der Waals surface area contributed by atoms with E-state index in [1.807, 2.05) is 0 Å². The first-order valence-electron chi connectivity index (χ1n) is 7.49. The van der Waals surface area contributed by atoms with Crippen molar-refractivity contribution in [2.24, 2.45) is 0 Å². The van der Waals surface area contributed by atoms with Gasteiger partial charge >= 0.3 is 0 Å². The Labute approximate surface area is 113 Å². The Morgan fingerprint density at radius 2 is 1.83 bits per heavy atom. The molecule has 0 amide bonds. The lowest BCUT2D eigenvalue weighted by Gasteiger charge is -2.16. The van der Waals surface area contributed by atoms with E-state index in [0.717, 1.165) is 0 Å². The van der Waals surface area contributed by atoms with Gasteiger partial charge in [0, 0.05) is 6.04 Å². The third kappa shape index (κ3) is 5.68. The molecule has 1 unspecified atom stereocenters. The maximum Gasteiger partial charge on any atom is 0.00672 e. The molecule has 0 saturated heterocycles. The van der Waals surface area contributed by atoms with Gasteiger partial charge in [0.05, 0.1) is 0 Å². The molecule has 102 valence electrons. The molecule has 1 heteroatoms. The first kappa shape index (κ1) is 15.2. The molecule has 0 fully saturated rings. The van der Waals surface area contributed by atoms with Crippen LogP contribution in [0.2, 0.25) is 0 Å². The molecule has 1 nitrogen and oxygen atoms in total. The lowest BCUT2D eigenvalue weighted by molar-refractivity contribution is 0.461. The second-order valence-corrected chi connectivity index (χ2v) is 5.30. The molecule has 0 saturated carbocycles. The number of hydrogen-bond acceptors (Lipinski definition) is 1. The van der Waals surface area contributed by atoms with E-state index in [1.165, 1.54) is 56.1 Å². The van der Waals surface area contributed by atoms with E-state index in [2.05, 4.69) is 50.5 Å². The zero-order valence-electron chi connectivity index (χ0n) is 12.3. The van der Waals surface area contributed by atoms with Crippen LogP contribution in [0.25, 0.3) is 0 Å². The molecule has 0 aliphatic heterocycles. The minimum atomic E-state index is 0.682. The van der Waals surface area contributed by atoms with Crippen molar-refractivity contribution in [2.75, 3.05) is 7.05 Å². The van der Waals surface area contributed by atoms with Gasteiger partial charge < -0.3 is 5.32 Å². The van der Waals surface area contributed by atoms with E-state index in [0.29, 0.717) is 6.04 Å². The molecule has 0 aromatic heterocycles. The second-order valence-electron chi connectivity index (χ2n) is 5.30. The highest BCUT2D eigenvalue weighted by Gasteiger charge is 2.06. The van der Waals surface area contributed by atoms with Crippen molar-refractivity contribution in [3.8, 4) is 0 Å². The predicted molar refractivity (Wildman–Crippen MR) is 81.1 cm³/mol. The number of aryl methyl sites for hydroxylation is 2. The second kappa shape index (κ2) is 9.16. The summed E-state index contributed by atoms with van der Waals surface area (Å²) < 4.78 is 0. The maximum absolute atomic E-state index is 3.47. The molecule has 0 radical (unpaired) electrons. The Hall–Kier alpha value is -0.820. The van der Waals surface area contributed by atoms with Crippen LogP contribution in [0.4, 0.5) is 0 Å². The van der Waals surface area contributed by atoms with Gasteiger partial charge in [-0.05, 0) is 44.4 Å². The zero-order chi connectivity index (χ0) is 13.2.